The quantitative estimate of drug-likeness (QED) is 0.778. The van der Waals surface area contributed by atoms with Crippen LogP contribution in [0.5, 0.6) is 0 Å². The molecule has 0 fully saturated rings. The van der Waals surface area contributed by atoms with E-state index in [1.807, 2.05) is 42.5 Å². The van der Waals surface area contributed by atoms with Crippen LogP contribution in [0.25, 0.3) is 0 Å². The fourth-order valence-electron chi connectivity index (χ4n) is 2.31. The maximum Gasteiger partial charge on any atom is 0.0964 e. The normalized spacial score (nSPS) is 12.1. The highest BCUT2D eigenvalue weighted by molar-refractivity contribution is 9.10. The number of para-hydroxylation sites is 1. The summed E-state index contributed by atoms with van der Waals surface area (Å²) in [6, 6.07) is 18.2. The highest BCUT2D eigenvalue weighted by atomic mass is 79.9. The van der Waals surface area contributed by atoms with Gasteiger partial charge in [0.1, 0.15) is 0 Å². The van der Waals surface area contributed by atoms with E-state index in [9.17, 15) is 5.11 Å². The van der Waals surface area contributed by atoms with Crippen molar-refractivity contribution in [3.8, 4) is 0 Å². The van der Waals surface area contributed by atoms with Gasteiger partial charge >= 0.3 is 0 Å². The summed E-state index contributed by atoms with van der Waals surface area (Å²) in [5, 5.41) is 10.5. The van der Waals surface area contributed by atoms with Crippen LogP contribution in [0.1, 0.15) is 31.4 Å². The number of rotatable bonds is 7. The van der Waals surface area contributed by atoms with Crippen LogP contribution in [0.3, 0.4) is 0 Å². The summed E-state index contributed by atoms with van der Waals surface area (Å²) in [5.74, 6) is 0. The molecule has 0 amide bonds. The molecule has 1 N–H and O–H groups in total. The SMILES string of the molecule is CCCCN(CC(O)c1ccc(Br)cc1)c1ccccc1. The summed E-state index contributed by atoms with van der Waals surface area (Å²) >= 11 is 3.42. The van der Waals surface area contributed by atoms with Gasteiger partial charge in [0.25, 0.3) is 0 Å². The Kier molecular flexibility index (Phi) is 6.27. The van der Waals surface area contributed by atoms with Crippen molar-refractivity contribution in [3.63, 3.8) is 0 Å². The van der Waals surface area contributed by atoms with Gasteiger partial charge in [-0.15, -0.1) is 0 Å². The van der Waals surface area contributed by atoms with E-state index >= 15 is 0 Å². The minimum atomic E-state index is -0.477. The van der Waals surface area contributed by atoms with Gasteiger partial charge in [-0.05, 0) is 36.2 Å². The van der Waals surface area contributed by atoms with Gasteiger partial charge in [0, 0.05) is 23.2 Å². The van der Waals surface area contributed by atoms with E-state index in [4.69, 9.17) is 0 Å². The van der Waals surface area contributed by atoms with Crippen molar-refractivity contribution in [2.24, 2.45) is 0 Å². The Morgan fingerprint density at radius 1 is 1.05 bits per heavy atom. The lowest BCUT2D eigenvalue weighted by atomic mass is 10.1. The molecule has 0 aliphatic heterocycles. The number of halogens is 1. The predicted molar refractivity (Wildman–Crippen MR) is 92.7 cm³/mol. The average Bonchev–Trinajstić information content (AvgIpc) is 2.52. The van der Waals surface area contributed by atoms with Crippen LogP contribution in [-0.2, 0) is 0 Å². The highest BCUT2D eigenvalue weighted by Crippen LogP contribution is 2.21. The Morgan fingerprint density at radius 3 is 2.33 bits per heavy atom. The summed E-state index contributed by atoms with van der Waals surface area (Å²) in [6.07, 6.45) is 1.80. The number of anilines is 1. The van der Waals surface area contributed by atoms with E-state index in [-0.39, 0.29) is 0 Å². The summed E-state index contributed by atoms with van der Waals surface area (Å²) in [4.78, 5) is 2.26. The second-order valence-electron chi connectivity index (χ2n) is 5.20. The largest absolute Gasteiger partial charge is 0.387 e. The number of benzene rings is 2. The number of aliphatic hydroxyl groups excluding tert-OH is 1. The van der Waals surface area contributed by atoms with Crippen molar-refractivity contribution in [2.45, 2.75) is 25.9 Å². The maximum absolute atomic E-state index is 10.5. The van der Waals surface area contributed by atoms with Gasteiger partial charge in [0.05, 0.1) is 6.10 Å². The fraction of sp³-hybridized carbons (Fsp3) is 0.333. The van der Waals surface area contributed by atoms with E-state index in [0.717, 1.165) is 29.4 Å². The molecule has 21 heavy (non-hydrogen) atoms. The van der Waals surface area contributed by atoms with Crippen molar-refractivity contribution in [1.29, 1.82) is 0 Å². The lowest BCUT2D eigenvalue weighted by molar-refractivity contribution is 0.183. The first-order valence-electron chi connectivity index (χ1n) is 7.44. The molecule has 0 aliphatic carbocycles. The molecule has 0 saturated heterocycles. The van der Waals surface area contributed by atoms with Crippen LogP contribution in [0.4, 0.5) is 5.69 Å². The van der Waals surface area contributed by atoms with Crippen LogP contribution in [-0.4, -0.2) is 18.2 Å². The molecule has 0 heterocycles. The molecule has 1 unspecified atom stereocenters. The third kappa shape index (κ3) is 4.87. The molecule has 2 nitrogen and oxygen atoms in total. The molecule has 0 aliphatic rings. The van der Waals surface area contributed by atoms with E-state index in [2.05, 4.69) is 39.9 Å². The maximum atomic E-state index is 10.5. The van der Waals surface area contributed by atoms with E-state index in [0.29, 0.717) is 6.54 Å². The summed E-state index contributed by atoms with van der Waals surface area (Å²) in [5.41, 5.74) is 2.12. The van der Waals surface area contributed by atoms with Gasteiger partial charge in [0.2, 0.25) is 0 Å². The Labute approximate surface area is 135 Å². The molecular weight excluding hydrogens is 326 g/mol. The first-order chi connectivity index (χ1) is 10.2. The number of unbranched alkanes of at least 4 members (excludes halogenated alkanes) is 1. The number of hydrogen-bond acceptors (Lipinski definition) is 2. The average molecular weight is 348 g/mol. The monoisotopic (exact) mass is 347 g/mol. The Bertz CT molecular complexity index is 527. The van der Waals surface area contributed by atoms with Crippen molar-refractivity contribution in [1.82, 2.24) is 0 Å². The molecular formula is C18H22BrNO. The summed E-state index contributed by atoms with van der Waals surface area (Å²) in [7, 11) is 0. The standard InChI is InChI=1S/C18H22BrNO/c1-2-3-13-20(17-7-5-4-6-8-17)14-18(21)15-9-11-16(19)12-10-15/h4-12,18,21H,2-3,13-14H2,1H3. The van der Waals surface area contributed by atoms with Crippen LogP contribution in [0, 0.1) is 0 Å². The molecule has 2 aromatic rings. The lowest BCUT2D eigenvalue weighted by Gasteiger charge is -2.27. The van der Waals surface area contributed by atoms with Crippen molar-refractivity contribution in [2.75, 3.05) is 18.0 Å². The number of hydrogen-bond donors (Lipinski definition) is 1. The van der Waals surface area contributed by atoms with Crippen molar-refractivity contribution >= 4 is 21.6 Å². The number of nitrogens with zero attached hydrogens (tertiary/aromatic N) is 1. The van der Waals surface area contributed by atoms with Gasteiger partial charge in [-0.1, -0.05) is 59.6 Å². The zero-order valence-electron chi connectivity index (χ0n) is 12.4. The molecule has 3 heteroatoms. The first kappa shape index (κ1) is 16.1. The summed E-state index contributed by atoms with van der Waals surface area (Å²) in [6.45, 7) is 3.77. The molecule has 1 atom stereocenters. The number of aliphatic hydroxyl groups is 1. The van der Waals surface area contributed by atoms with Crippen molar-refractivity contribution in [3.05, 3.63) is 64.6 Å². The van der Waals surface area contributed by atoms with Gasteiger partial charge in [0.15, 0.2) is 0 Å². The van der Waals surface area contributed by atoms with Crippen LogP contribution in [0.15, 0.2) is 59.1 Å². The van der Waals surface area contributed by atoms with Crippen LogP contribution < -0.4 is 4.90 Å². The third-order valence-corrected chi connectivity index (χ3v) is 4.08. The minimum absolute atomic E-state index is 0.477. The van der Waals surface area contributed by atoms with E-state index in [1.54, 1.807) is 0 Å². The molecule has 0 aromatic heterocycles. The second kappa shape index (κ2) is 8.20. The first-order valence-corrected chi connectivity index (χ1v) is 8.23. The zero-order chi connectivity index (χ0) is 15.1. The van der Waals surface area contributed by atoms with Gasteiger partial charge in [-0.25, -0.2) is 0 Å². The summed E-state index contributed by atoms with van der Waals surface area (Å²) < 4.78 is 1.03. The molecule has 0 saturated carbocycles. The molecule has 0 spiro atoms. The van der Waals surface area contributed by atoms with E-state index < -0.39 is 6.10 Å². The minimum Gasteiger partial charge on any atom is -0.387 e. The zero-order valence-corrected chi connectivity index (χ0v) is 14.0. The van der Waals surface area contributed by atoms with Gasteiger partial charge in [-0.3, -0.25) is 0 Å². The fourth-order valence-corrected chi connectivity index (χ4v) is 2.58. The molecule has 2 rings (SSSR count). The molecule has 0 radical (unpaired) electrons. The van der Waals surface area contributed by atoms with Gasteiger partial charge in [-0.2, -0.15) is 0 Å². The van der Waals surface area contributed by atoms with Crippen molar-refractivity contribution < 1.29 is 5.11 Å². The third-order valence-electron chi connectivity index (χ3n) is 3.55. The molecule has 112 valence electrons. The van der Waals surface area contributed by atoms with E-state index in [1.165, 1.54) is 5.69 Å². The molecule has 0 bridgehead atoms. The van der Waals surface area contributed by atoms with Gasteiger partial charge < -0.3 is 10.0 Å². The Balaban J connectivity index is 2.09. The Morgan fingerprint density at radius 2 is 1.71 bits per heavy atom. The van der Waals surface area contributed by atoms with Crippen LogP contribution in [0.2, 0.25) is 0 Å². The molecule has 2 aromatic carbocycles. The lowest BCUT2D eigenvalue weighted by Crippen LogP contribution is -2.29. The topological polar surface area (TPSA) is 23.5 Å². The Hall–Kier alpha value is -1.32. The second-order valence-corrected chi connectivity index (χ2v) is 6.12. The smallest absolute Gasteiger partial charge is 0.0964 e. The van der Waals surface area contributed by atoms with Crippen LogP contribution >= 0.6 is 15.9 Å². The highest BCUT2D eigenvalue weighted by Gasteiger charge is 2.13. The predicted octanol–water partition coefficient (Wildman–Crippen LogP) is 4.79.